The second kappa shape index (κ2) is 10.4. The van der Waals surface area contributed by atoms with Crippen LogP contribution >= 0.6 is 0 Å². The van der Waals surface area contributed by atoms with Crippen LogP contribution in [-0.2, 0) is 0 Å². The molecular formula is C36H44N4O2. The highest BCUT2D eigenvalue weighted by Crippen LogP contribution is 2.61. The molecule has 6 atom stereocenters. The van der Waals surface area contributed by atoms with Crippen molar-refractivity contribution in [1.29, 1.82) is 0 Å². The third kappa shape index (κ3) is 4.13. The molecule has 42 heavy (non-hydrogen) atoms. The summed E-state index contributed by atoms with van der Waals surface area (Å²) in [6.45, 7) is 4.33. The van der Waals surface area contributed by atoms with E-state index < -0.39 is 5.60 Å². The van der Waals surface area contributed by atoms with Gasteiger partial charge in [-0.2, -0.15) is 0 Å². The van der Waals surface area contributed by atoms with Gasteiger partial charge in [-0.1, -0.05) is 36.4 Å². The van der Waals surface area contributed by atoms with Crippen LogP contribution in [0.4, 0.5) is 0 Å². The van der Waals surface area contributed by atoms with Gasteiger partial charge in [0.1, 0.15) is 5.75 Å². The minimum Gasteiger partial charge on any atom is -0.506 e. The molecule has 0 amide bonds. The summed E-state index contributed by atoms with van der Waals surface area (Å²) in [5.41, 5.74) is 2.89. The highest BCUT2D eigenvalue weighted by molar-refractivity contribution is 6.11. The van der Waals surface area contributed by atoms with E-state index in [1.165, 1.54) is 31.3 Å². The number of nitrogens with zero attached hydrogens (tertiary/aromatic N) is 3. The first kappa shape index (κ1) is 26.7. The molecule has 6 heteroatoms. The zero-order chi connectivity index (χ0) is 28.3. The summed E-state index contributed by atoms with van der Waals surface area (Å²) in [6, 6.07) is 8.24. The molecule has 0 saturated carbocycles. The van der Waals surface area contributed by atoms with Crippen molar-refractivity contribution in [3.63, 3.8) is 0 Å². The number of H-pyrrole nitrogens is 1. The molecule has 3 aromatic rings. The van der Waals surface area contributed by atoms with Crippen molar-refractivity contribution in [2.24, 2.45) is 11.3 Å². The Balaban J connectivity index is 1.35. The fraction of sp³-hybridized carbons (Fsp3) is 0.528. The first-order valence-electron chi connectivity index (χ1n) is 16.4. The number of aromatic amines is 1. The van der Waals surface area contributed by atoms with Crippen LogP contribution in [0.5, 0.6) is 5.75 Å². The monoisotopic (exact) mass is 564 g/mol. The molecule has 220 valence electrons. The molecule has 6 nitrogen and oxygen atoms in total. The van der Waals surface area contributed by atoms with Crippen molar-refractivity contribution in [3.8, 4) is 5.75 Å². The Kier molecular flexibility index (Phi) is 6.58. The van der Waals surface area contributed by atoms with Gasteiger partial charge in [0.25, 0.3) is 0 Å². The summed E-state index contributed by atoms with van der Waals surface area (Å²) in [5.74, 6) is 0.581. The predicted octanol–water partition coefficient (Wildman–Crippen LogP) is 6.56. The van der Waals surface area contributed by atoms with Crippen molar-refractivity contribution in [3.05, 3.63) is 66.5 Å². The number of hydrogen-bond donors (Lipinski definition) is 3. The van der Waals surface area contributed by atoms with Crippen LogP contribution in [0.2, 0.25) is 0 Å². The van der Waals surface area contributed by atoms with Gasteiger partial charge < -0.3 is 20.1 Å². The Bertz CT molecular complexity index is 1590. The third-order valence-corrected chi connectivity index (χ3v) is 11.3. The van der Waals surface area contributed by atoms with Gasteiger partial charge in [-0.3, -0.25) is 9.88 Å². The second-order valence-corrected chi connectivity index (χ2v) is 13.7. The molecule has 8 rings (SSSR count). The molecule has 6 unspecified atom stereocenters. The van der Waals surface area contributed by atoms with E-state index in [0.717, 1.165) is 92.2 Å². The van der Waals surface area contributed by atoms with Crippen molar-refractivity contribution in [2.75, 3.05) is 26.2 Å². The van der Waals surface area contributed by atoms with Crippen LogP contribution in [0.1, 0.15) is 69.9 Å². The standard InChI is InChI=1S/C36H44N4O2/c41-30-14-11-13-26-27-15-18-37-32(33(27)38-31(26)30)28-23-36(42)17-8-4-1-2-5-9-19-39-21-16-29(28)35(24-39)22-25-12-7-3-6-10-20-40(25)34(35)36/h1,4,7,11-15,18,23,25,29,34,38,41-42H,2-3,5-6,8-10,16-17,19-22,24H2/b4-1-,12-7-. The molecule has 3 bridgehead atoms. The van der Waals surface area contributed by atoms with Gasteiger partial charge >= 0.3 is 0 Å². The number of hydrogen-bond acceptors (Lipinski definition) is 5. The Morgan fingerprint density at radius 2 is 1.74 bits per heavy atom. The van der Waals surface area contributed by atoms with E-state index in [1.807, 2.05) is 12.3 Å². The van der Waals surface area contributed by atoms with Crippen molar-refractivity contribution in [2.45, 2.75) is 81.9 Å². The number of rotatable bonds is 1. The number of para-hydroxylation sites is 1. The second-order valence-electron chi connectivity index (χ2n) is 13.7. The average Bonchev–Trinajstić information content (AvgIpc) is 3.50. The molecule has 2 saturated heterocycles. The van der Waals surface area contributed by atoms with E-state index in [4.69, 9.17) is 4.98 Å². The first-order chi connectivity index (χ1) is 20.6. The van der Waals surface area contributed by atoms with Gasteiger partial charge in [0.2, 0.25) is 0 Å². The zero-order valence-electron chi connectivity index (χ0n) is 24.6. The SMILES string of the molecule is Oc1cccc2c1[nH]c1c(C3=CC4(O)CC/C=C\CCCCN5CCC3C3(CC6/C=C\CCCCN6C43)C5)nccc12. The number of nitrogens with one attached hydrogen (secondary N) is 1. The molecule has 6 heterocycles. The molecule has 2 aromatic heterocycles. The van der Waals surface area contributed by atoms with Crippen LogP contribution in [0.15, 0.2) is 60.8 Å². The Morgan fingerprint density at radius 1 is 0.905 bits per heavy atom. The number of aromatic nitrogens is 2. The summed E-state index contributed by atoms with van der Waals surface area (Å²) in [4.78, 5) is 14.1. The maximum Gasteiger partial charge on any atom is 0.139 e. The molecule has 4 aliphatic heterocycles. The number of phenolic OH excluding ortho intramolecular Hbond substituents is 1. The molecule has 1 spiro atoms. The Labute approximate surface area is 248 Å². The van der Waals surface area contributed by atoms with E-state index in [0.29, 0.717) is 12.0 Å². The largest absolute Gasteiger partial charge is 0.506 e. The Hall–Kier alpha value is -2.93. The normalized spacial score (nSPS) is 37.0. The molecule has 1 aliphatic carbocycles. The lowest BCUT2D eigenvalue weighted by Crippen LogP contribution is -2.65. The number of aliphatic hydroxyl groups is 1. The van der Waals surface area contributed by atoms with Gasteiger partial charge in [-0.25, -0.2) is 0 Å². The van der Waals surface area contributed by atoms with Crippen molar-refractivity contribution >= 4 is 27.4 Å². The number of piperidine rings is 1. The number of allylic oxidation sites excluding steroid dienone is 4. The quantitative estimate of drug-likeness (QED) is 0.292. The summed E-state index contributed by atoms with van der Waals surface area (Å²) < 4.78 is 0. The fourth-order valence-electron chi connectivity index (χ4n) is 9.64. The number of pyridine rings is 1. The van der Waals surface area contributed by atoms with Gasteiger partial charge in [-0.05, 0) is 114 Å². The lowest BCUT2D eigenvalue weighted by atomic mass is 9.54. The number of aromatic hydroxyl groups is 1. The third-order valence-electron chi connectivity index (χ3n) is 11.3. The molecule has 0 radical (unpaired) electrons. The predicted molar refractivity (Wildman–Crippen MR) is 169 cm³/mol. The summed E-state index contributed by atoms with van der Waals surface area (Å²) in [6.07, 6.45) is 24.7. The van der Waals surface area contributed by atoms with Gasteiger partial charge in [-0.15, -0.1) is 0 Å². The zero-order valence-corrected chi connectivity index (χ0v) is 24.6. The van der Waals surface area contributed by atoms with Gasteiger partial charge in [0.05, 0.1) is 28.4 Å². The minimum atomic E-state index is -0.951. The summed E-state index contributed by atoms with van der Waals surface area (Å²) >= 11 is 0. The van der Waals surface area contributed by atoms with E-state index >= 15 is 0 Å². The summed E-state index contributed by atoms with van der Waals surface area (Å²) in [7, 11) is 0. The lowest BCUT2D eigenvalue weighted by molar-refractivity contribution is -0.0894. The van der Waals surface area contributed by atoms with Crippen molar-refractivity contribution < 1.29 is 10.2 Å². The maximum absolute atomic E-state index is 13.1. The Morgan fingerprint density at radius 3 is 2.67 bits per heavy atom. The molecule has 5 aliphatic rings. The van der Waals surface area contributed by atoms with Crippen LogP contribution in [0, 0.1) is 11.3 Å². The first-order valence-corrected chi connectivity index (χ1v) is 16.4. The molecule has 2 fully saturated rings. The van der Waals surface area contributed by atoms with Crippen LogP contribution < -0.4 is 0 Å². The number of phenols is 1. The van der Waals surface area contributed by atoms with E-state index in [2.05, 4.69) is 57.3 Å². The van der Waals surface area contributed by atoms with Gasteiger partial charge in [0, 0.05) is 35.0 Å². The lowest BCUT2D eigenvalue weighted by Gasteiger charge is -2.58. The average molecular weight is 565 g/mol. The number of benzene rings is 1. The van der Waals surface area contributed by atoms with Crippen molar-refractivity contribution in [1.82, 2.24) is 19.8 Å². The maximum atomic E-state index is 13.1. The highest BCUT2D eigenvalue weighted by atomic mass is 16.3. The van der Waals surface area contributed by atoms with Crippen LogP contribution in [-0.4, -0.2) is 73.8 Å². The molecular weight excluding hydrogens is 520 g/mol. The van der Waals surface area contributed by atoms with E-state index in [-0.39, 0.29) is 17.2 Å². The fourth-order valence-corrected chi connectivity index (χ4v) is 9.64. The van der Waals surface area contributed by atoms with Crippen LogP contribution in [0.3, 0.4) is 0 Å². The summed E-state index contributed by atoms with van der Waals surface area (Å²) in [5, 5.41) is 25.9. The van der Waals surface area contributed by atoms with Crippen LogP contribution in [0.25, 0.3) is 27.4 Å². The number of fused-ring (bicyclic) bond motifs is 5. The van der Waals surface area contributed by atoms with Gasteiger partial charge in [0.15, 0.2) is 0 Å². The minimum absolute atomic E-state index is 0.0494. The smallest absolute Gasteiger partial charge is 0.139 e. The van der Waals surface area contributed by atoms with E-state index in [9.17, 15) is 10.2 Å². The topological polar surface area (TPSA) is 75.6 Å². The highest BCUT2D eigenvalue weighted by Gasteiger charge is 2.65. The van der Waals surface area contributed by atoms with E-state index in [1.54, 1.807) is 6.07 Å². The molecule has 3 N–H and O–H groups in total. The molecule has 1 aromatic carbocycles.